The van der Waals surface area contributed by atoms with Crippen molar-refractivity contribution in [3.05, 3.63) is 72.8 Å². The minimum absolute atomic E-state index is 0.852. The van der Waals surface area contributed by atoms with Gasteiger partial charge in [-0.3, -0.25) is 0 Å². The Morgan fingerprint density at radius 3 is 1.67 bits per heavy atom. The van der Waals surface area contributed by atoms with Crippen LogP contribution in [0.25, 0.3) is 0 Å². The summed E-state index contributed by atoms with van der Waals surface area (Å²) >= 11 is 0. The molecule has 18 heavy (non-hydrogen) atoms. The van der Waals surface area contributed by atoms with Gasteiger partial charge in [0.2, 0.25) is 0 Å². The van der Waals surface area contributed by atoms with E-state index in [4.69, 9.17) is 0 Å². The van der Waals surface area contributed by atoms with E-state index < -0.39 is 0 Å². The predicted octanol–water partition coefficient (Wildman–Crippen LogP) is 2.18. The van der Waals surface area contributed by atoms with Gasteiger partial charge in [0.1, 0.15) is 0 Å². The zero-order valence-corrected chi connectivity index (χ0v) is 9.98. The van der Waals surface area contributed by atoms with E-state index in [-0.39, 0.29) is 0 Å². The number of rotatable bonds is 4. The van der Waals surface area contributed by atoms with Gasteiger partial charge in [-0.1, -0.05) is 24.3 Å². The maximum absolute atomic E-state index is 4.07. The van der Waals surface area contributed by atoms with Gasteiger partial charge in [0.05, 0.1) is 12.7 Å². The van der Waals surface area contributed by atoms with Crippen LogP contribution in [0, 0.1) is 0 Å². The number of hydrogen-bond acceptors (Lipinski definition) is 2. The standard InChI is InChI=1S/C14H14N4/c1-2-4-14(10-18-8-6-16-12-18)13(3-1)9-17-7-5-15-11-17/h1-8,11-12H,9-10H2. The largest absolute Gasteiger partial charge is 0.333 e. The fourth-order valence-electron chi connectivity index (χ4n) is 2.02. The van der Waals surface area contributed by atoms with Crippen LogP contribution in [-0.4, -0.2) is 19.1 Å². The minimum Gasteiger partial charge on any atom is -0.333 e. The normalized spacial score (nSPS) is 10.7. The highest BCUT2D eigenvalue weighted by Crippen LogP contribution is 2.12. The van der Waals surface area contributed by atoms with Crippen LogP contribution >= 0.6 is 0 Å². The van der Waals surface area contributed by atoms with Gasteiger partial charge in [0.15, 0.2) is 0 Å². The van der Waals surface area contributed by atoms with Crippen molar-refractivity contribution in [2.75, 3.05) is 0 Å². The summed E-state index contributed by atoms with van der Waals surface area (Å²) in [5.41, 5.74) is 2.62. The molecule has 0 unspecified atom stereocenters. The number of aromatic nitrogens is 4. The summed E-state index contributed by atoms with van der Waals surface area (Å²) in [6.45, 7) is 1.70. The molecular formula is C14H14N4. The summed E-state index contributed by atoms with van der Waals surface area (Å²) < 4.78 is 4.15. The fourth-order valence-corrected chi connectivity index (χ4v) is 2.02. The van der Waals surface area contributed by atoms with Crippen molar-refractivity contribution < 1.29 is 0 Å². The Morgan fingerprint density at radius 1 is 0.778 bits per heavy atom. The molecule has 0 fully saturated rings. The molecule has 0 saturated heterocycles. The van der Waals surface area contributed by atoms with Crippen LogP contribution in [0.5, 0.6) is 0 Å². The number of imidazole rings is 2. The second-order valence-corrected chi connectivity index (χ2v) is 4.24. The molecule has 0 saturated carbocycles. The first kappa shape index (κ1) is 10.8. The summed E-state index contributed by atoms with van der Waals surface area (Å²) in [7, 11) is 0. The van der Waals surface area contributed by atoms with E-state index >= 15 is 0 Å². The van der Waals surface area contributed by atoms with E-state index in [1.54, 1.807) is 12.4 Å². The van der Waals surface area contributed by atoms with Gasteiger partial charge in [-0.15, -0.1) is 0 Å². The van der Waals surface area contributed by atoms with E-state index in [1.165, 1.54) is 11.1 Å². The third-order valence-electron chi connectivity index (χ3n) is 2.94. The van der Waals surface area contributed by atoms with E-state index in [2.05, 4.69) is 43.4 Å². The summed E-state index contributed by atoms with van der Waals surface area (Å²) in [5.74, 6) is 0. The third kappa shape index (κ3) is 2.32. The molecule has 0 aliphatic rings. The van der Waals surface area contributed by atoms with Crippen LogP contribution in [0.15, 0.2) is 61.7 Å². The van der Waals surface area contributed by atoms with E-state index in [1.807, 2.05) is 25.0 Å². The van der Waals surface area contributed by atoms with Crippen molar-refractivity contribution in [1.82, 2.24) is 19.1 Å². The van der Waals surface area contributed by atoms with Crippen molar-refractivity contribution in [2.24, 2.45) is 0 Å². The lowest BCUT2D eigenvalue weighted by atomic mass is 10.1. The number of benzene rings is 1. The Hall–Kier alpha value is -2.36. The minimum atomic E-state index is 0.852. The fraction of sp³-hybridized carbons (Fsp3) is 0.143. The third-order valence-corrected chi connectivity index (χ3v) is 2.94. The van der Waals surface area contributed by atoms with Crippen LogP contribution in [0.1, 0.15) is 11.1 Å². The lowest BCUT2D eigenvalue weighted by molar-refractivity contribution is 0.749. The summed E-state index contributed by atoms with van der Waals surface area (Å²) in [6.07, 6.45) is 11.3. The van der Waals surface area contributed by atoms with Crippen LogP contribution in [0.2, 0.25) is 0 Å². The van der Waals surface area contributed by atoms with Crippen molar-refractivity contribution >= 4 is 0 Å². The SMILES string of the molecule is c1ccc(Cn2ccnc2)c(Cn2ccnc2)c1. The topological polar surface area (TPSA) is 35.6 Å². The Bertz CT molecular complexity index is 541. The number of hydrogen-bond donors (Lipinski definition) is 0. The van der Waals surface area contributed by atoms with Crippen LogP contribution < -0.4 is 0 Å². The molecule has 4 nitrogen and oxygen atoms in total. The quantitative estimate of drug-likeness (QED) is 0.698. The Balaban J connectivity index is 1.85. The lowest BCUT2D eigenvalue weighted by Gasteiger charge is -2.10. The van der Waals surface area contributed by atoms with Gasteiger partial charge in [0.25, 0.3) is 0 Å². The highest BCUT2D eigenvalue weighted by Gasteiger charge is 2.03. The molecule has 0 aliphatic carbocycles. The second-order valence-electron chi connectivity index (χ2n) is 4.24. The molecule has 2 aromatic heterocycles. The number of nitrogens with zero attached hydrogens (tertiary/aromatic N) is 4. The molecule has 0 aliphatic heterocycles. The maximum Gasteiger partial charge on any atom is 0.0949 e. The smallest absolute Gasteiger partial charge is 0.0949 e. The van der Waals surface area contributed by atoms with Crippen molar-refractivity contribution in [3.63, 3.8) is 0 Å². The molecule has 0 atom stereocenters. The zero-order chi connectivity index (χ0) is 12.2. The first-order valence-corrected chi connectivity index (χ1v) is 5.90. The highest BCUT2D eigenvalue weighted by atomic mass is 15.0. The van der Waals surface area contributed by atoms with Gasteiger partial charge in [-0.05, 0) is 11.1 Å². The Labute approximate surface area is 106 Å². The van der Waals surface area contributed by atoms with Crippen molar-refractivity contribution in [2.45, 2.75) is 13.1 Å². The van der Waals surface area contributed by atoms with Gasteiger partial charge >= 0.3 is 0 Å². The zero-order valence-electron chi connectivity index (χ0n) is 9.98. The van der Waals surface area contributed by atoms with E-state index in [9.17, 15) is 0 Å². The average molecular weight is 238 g/mol. The van der Waals surface area contributed by atoms with Gasteiger partial charge in [-0.25, -0.2) is 9.97 Å². The summed E-state index contributed by atoms with van der Waals surface area (Å²) in [5, 5.41) is 0. The summed E-state index contributed by atoms with van der Waals surface area (Å²) in [6, 6.07) is 8.46. The maximum atomic E-state index is 4.07. The molecule has 3 rings (SSSR count). The van der Waals surface area contributed by atoms with Gasteiger partial charge in [-0.2, -0.15) is 0 Å². The highest BCUT2D eigenvalue weighted by molar-refractivity contribution is 5.27. The molecule has 4 heteroatoms. The van der Waals surface area contributed by atoms with Gasteiger partial charge in [0, 0.05) is 37.9 Å². The van der Waals surface area contributed by atoms with E-state index in [0.717, 1.165) is 13.1 Å². The first-order valence-electron chi connectivity index (χ1n) is 5.90. The Kier molecular flexibility index (Phi) is 2.92. The molecule has 0 spiro atoms. The molecular weight excluding hydrogens is 224 g/mol. The molecule has 90 valence electrons. The van der Waals surface area contributed by atoms with Gasteiger partial charge < -0.3 is 9.13 Å². The average Bonchev–Trinajstić information content (AvgIpc) is 3.05. The molecule has 0 amide bonds. The summed E-state index contributed by atoms with van der Waals surface area (Å²) in [4.78, 5) is 8.14. The van der Waals surface area contributed by atoms with Crippen LogP contribution in [0.3, 0.4) is 0 Å². The molecule has 0 N–H and O–H groups in total. The molecule has 3 aromatic rings. The molecule has 2 heterocycles. The molecule has 0 bridgehead atoms. The molecule has 0 radical (unpaired) electrons. The van der Waals surface area contributed by atoms with E-state index in [0.29, 0.717) is 0 Å². The Morgan fingerprint density at radius 2 is 1.28 bits per heavy atom. The van der Waals surface area contributed by atoms with Crippen LogP contribution in [0.4, 0.5) is 0 Å². The second kappa shape index (κ2) is 4.87. The predicted molar refractivity (Wildman–Crippen MR) is 69.1 cm³/mol. The monoisotopic (exact) mass is 238 g/mol. The van der Waals surface area contributed by atoms with Crippen LogP contribution in [-0.2, 0) is 13.1 Å². The lowest BCUT2D eigenvalue weighted by Crippen LogP contribution is -2.04. The van der Waals surface area contributed by atoms with Crippen molar-refractivity contribution in [3.8, 4) is 0 Å². The van der Waals surface area contributed by atoms with Crippen molar-refractivity contribution in [1.29, 1.82) is 0 Å². The first-order chi connectivity index (χ1) is 8.92. The molecule has 1 aromatic carbocycles.